The minimum absolute atomic E-state index is 0.702. The van der Waals surface area contributed by atoms with Gasteiger partial charge in [0.15, 0.2) is 5.11 Å². The molecule has 0 aliphatic heterocycles. The summed E-state index contributed by atoms with van der Waals surface area (Å²) in [6, 6.07) is 12.6. The molecule has 0 atom stereocenters. The standard InChI is InChI=1S/C15H14N2S3/c18-15(17-9-12-4-3-7-19-12)16-8-11-10-20-14-6-2-1-5-13(11)14/h1-7,10H,8-9H2,(H2,16,17,18). The monoisotopic (exact) mass is 318 g/mol. The van der Waals surface area contributed by atoms with Crippen molar-refractivity contribution in [3.63, 3.8) is 0 Å². The molecule has 1 aromatic carbocycles. The molecule has 2 heterocycles. The van der Waals surface area contributed by atoms with Gasteiger partial charge in [0.2, 0.25) is 0 Å². The predicted molar refractivity (Wildman–Crippen MR) is 92.4 cm³/mol. The lowest BCUT2D eigenvalue weighted by Gasteiger charge is -2.09. The summed E-state index contributed by atoms with van der Waals surface area (Å²) < 4.78 is 1.32. The smallest absolute Gasteiger partial charge is 0.166 e. The van der Waals surface area contributed by atoms with Gasteiger partial charge < -0.3 is 10.6 Å². The van der Waals surface area contributed by atoms with E-state index in [1.807, 2.05) is 0 Å². The number of benzene rings is 1. The van der Waals surface area contributed by atoms with E-state index >= 15 is 0 Å². The maximum absolute atomic E-state index is 5.31. The molecule has 0 saturated heterocycles. The van der Waals surface area contributed by atoms with Gasteiger partial charge in [-0.1, -0.05) is 24.3 Å². The Bertz CT molecular complexity index is 701. The van der Waals surface area contributed by atoms with Crippen LogP contribution < -0.4 is 10.6 Å². The molecule has 0 radical (unpaired) electrons. The lowest BCUT2D eigenvalue weighted by molar-refractivity contribution is 0.845. The van der Waals surface area contributed by atoms with Gasteiger partial charge in [-0.3, -0.25) is 0 Å². The Labute approximate surface area is 131 Å². The largest absolute Gasteiger partial charge is 0.359 e. The number of thiocarbonyl (C=S) groups is 1. The van der Waals surface area contributed by atoms with Crippen molar-refractivity contribution in [2.75, 3.05) is 0 Å². The summed E-state index contributed by atoms with van der Waals surface area (Å²) in [5, 5.41) is 12.8. The van der Waals surface area contributed by atoms with Gasteiger partial charge in [-0.05, 0) is 46.1 Å². The van der Waals surface area contributed by atoms with Gasteiger partial charge >= 0.3 is 0 Å². The van der Waals surface area contributed by atoms with Crippen LogP contribution in [0.5, 0.6) is 0 Å². The Morgan fingerprint density at radius 1 is 1.00 bits per heavy atom. The molecule has 3 rings (SSSR count). The van der Waals surface area contributed by atoms with E-state index in [0.29, 0.717) is 5.11 Å². The van der Waals surface area contributed by atoms with Crippen LogP contribution >= 0.6 is 34.9 Å². The fourth-order valence-electron chi connectivity index (χ4n) is 1.99. The summed E-state index contributed by atoms with van der Waals surface area (Å²) in [7, 11) is 0. The molecule has 20 heavy (non-hydrogen) atoms. The van der Waals surface area contributed by atoms with Gasteiger partial charge in [0.05, 0.1) is 6.54 Å². The highest BCUT2D eigenvalue weighted by Gasteiger charge is 2.04. The number of fused-ring (bicyclic) bond motifs is 1. The zero-order chi connectivity index (χ0) is 13.8. The number of nitrogens with one attached hydrogen (secondary N) is 2. The van der Waals surface area contributed by atoms with Crippen LogP contribution in [0.2, 0.25) is 0 Å². The summed E-state index contributed by atoms with van der Waals surface area (Å²) in [6.45, 7) is 1.55. The molecule has 0 bridgehead atoms. The lowest BCUT2D eigenvalue weighted by Crippen LogP contribution is -2.34. The first kappa shape index (κ1) is 13.5. The molecule has 5 heteroatoms. The van der Waals surface area contributed by atoms with E-state index < -0.39 is 0 Å². The van der Waals surface area contributed by atoms with E-state index in [-0.39, 0.29) is 0 Å². The van der Waals surface area contributed by atoms with Crippen LogP contribution in [-0.2, 0) is 13.1 Å². The normalized spacial score (nSPS) is 10.6. The van der Waals surface area contributed by atoms with Crippen molar-refractivity contribution in [2.45, 2.75) is 13.1 Å². The van der Waals surface area contributed by atoms with Crippen molar-refractivity contribution in [1.29, 1.82) is 0 Å². The molecular formula is C15H14N2S3. The van der Waals surface area contributed by atoms with Gasteiger partial charge in [-0.2, -0.15) is 0 Å². The molecule has 0 aliphatic rings. The van der Waals surface area contributed by atoms with Crippen molar-refractivity contribution in [3.8, 4) is 0 Å². The topological polar surface area (TPSA) is 24.1 Å². The molecule has 2 aromatic heterocycles. The third-order valence-electron chi connectivity index (χ3n) is 3.00. The lowest BCUT2D eigenvalue weighted by atomic mass is 10.2. The van der Waals surface area contributed by atoms with Crippen LogP contribution in [0.3, 0.4) is 0 Å². The van der Waals surface area contributed by atoms with Gasteiger partial charge in [-0.25, -0.2) is 0 Å². The van der Waals surface area contributed by atoms with E-state index in [1.54, 1.807) is 22.7 Å². The minimum Gasteiger partial charge on any atom is -0.359 e. The number of rotatable bonds is 4. The molecule has 0 unspecified atom stereocenters. The van der Waals surface area contributed by atoms with Crippen molar-refractivity contribution in [3.05, 3.63) is 57.6 Å². The maximum Gasteiger partial charge on any atom is 0.166 e. The van der Waals surface area contributed by atoms with Gasteiger partial charge in [0, 0.05) is 16.1 Å². The van der Waals surface area contributed by atoms with Crippen LogP contribution in [0, 0.1) is 0 Å². The second kappa shape index (κ2) is 6.35. The van der Waals surface area contributed by atoms with Crippen molar-refractivity contribution >= 4 is 50.1 Å². The molecule has 0 fully saturated rings. The molecule has 102 valence electrons. The molecule has 2 N–H and O–H groups in total. The Kier molecular flexibility index (Phi) is 4.30. The second-order valence-corrected chi connectivity index (χ2v) is 6.72. The summed E-state index contributed by atoms with van der Waals surface area (Å²) in [4.78, 5) is 1.29. The van der Waals surface area contributed by atoms with Gasteiger partial charge in [0.1, 0.15) is 0 Å². The first-order chi connectivity index (χ1) is 9.83. The fourth-order valence-corrected chi connectivity index (χ4v) is 3.74. The number of hydrogen-bond donors (Lipinski definition) is 2. The quantitative estimate of drug-likeness (QED) is 0.707. The number of hydrogen-bond acceptors (Lipinski definition) is 3. The summed E-state index contributed by atoms with van der Waals surface area (Å²) >= 11 is 8.82. The highest BCUT2D eigenvalue weighted by Crippen LogP contribution is 2.25. The molecule has 0 amide bonds. The molecule has 0 aliphatic carbocycles. The van der Waals surface area contributed by atoms with Crippen molar-refractivity contribution < 1.29 is 0 Å². The Balaban J connectivity index is 1.55. The van der Waals surface area contributed by atoms with Crippen LogP contribution in [-0.4, -0.2) is 5.11 Å². The molecule has 0 spiro atoms. The SMILES string of the molecule is S=C(NCc1cccs1)NCc1csc2ccccc12. The highest BCUT2D eigenvalue weighted by atomic mass is 32.1. The summed E-state index contributed by atoms with van der Waals surface area (Å²) in [5.74, 6) is 0. The first-order valence-electron chi connectivity index (χ1n) is 6.32. The van der Waals surface area contributed by atoms with Crippen LogP contribution in [0.25, 0.3) is 10.1 Å². The third kappa shape index (κ3) is 3.17. The zero-order valence-electron chi connectivity index (χ0n) is 10.8. The summed E-state index contributed by atoms with van der Waals surface area (Å²) in [6.07, 6.45) is 0. The van der Waals surface area contributed by atoms with E-state index in [9.17, 15) is 0 Å². The first-order valence-corrected chi connectivity index (χ1v) is 8.49. The molecule has 2 nitrogen and oxygen atoms in total. The maximum atomic E-state index is 5.31. The van der Waals surface area contributed by atoms with E-state index in [4.69, 9.17) is 12.2 Å². The van der Waals surface area contributed by atoms with E-state index in [0.717, 1.165) is 13.1 Å². The Morgan fingerprint density at radius 3 is 2.70 bits per heavy atom. The second-order valence-electron chi connectivity index (χ2n) is 4.37. The molecule has 3 aromatic rings. The minimum atomic E-state index is 0.702. The molecular weight excluding hydrogens is 304 g/mol. The number of thiophene rings is 2. The fraction of sp³-hybridized carbons (Fsp3) is 0.133. The Morgan fingerprint density at radius 2 is 1.85 bits per heavy atom. The van der Waals surface area contributed by atoms with Crippen LogP contribution in [0.4, 0.5) is 0 Å². The van der Waals surface area contributed by atoms with Crippen molar-refractivity contribution in [2.24, 2.45) is 0 Å². The Hall–Kier alpha value is -1.43. The predicted octanol–water partition coefficient (Wildman–Crippen LogP) is 4.13. The summed E-state index contributed by atoms with van der Waals surface area (Å²) in [5.41, 5.74) is 1.30. The molecule has 0 saturated carbocycles. The van der Waals surface area contributed by atoms with Crippen LogP contribution in [0.15, 0.2) is 47.2 Å². The average Bonchev–Trinajstić information content (AvgIpc) is 3.12. The van der Waals surface area contributed by atoms with Gasteiger partial charge in [0.25, 0.3) is 0 Å². The van der Waals surface area contributed by atoms with Gasteiger partial charge in [-0.15, -0.1) is 22.7 Å². The third-order valence-corrected chi connectivity index (χ3v) is 5.18. The van der Waals surface area contributed by atoms with Crippen LogP contribution in [0.1, 0.15) is 10.4 Å². The van der Waals surface area contributed by atoms with E-state index in [1.165, 1.54) is 20.5 Å². The zero-order valence-corrected chi connectivity index (χ0v) is 13.2. The van der Waals surface area contributed by atoms with Crippen molar-refractivity contribution in [1.82, 2.24) is 10.6 Å². The average molecular weight is 318 g/mol. The highest BCUT2D eigenvalue weighted by molar-refractivity contribution is 7.80. The van der Waals surface area contributed by atoms with E-state index in [2.05, 4.69) is 57.8 Å².